The van der Waals surface area contributed by atoms with Gasteiger partial charge in [-0.2, -0.15) is 0 Å². The predicted octanol–water partition coefficient (Wildman–Crippen LogP) is 2.41. The minimum atomic E-state index is -0.959. The molecule has 0 aliphatic rings. The Morgan fingerprint density at radius 1 is 1.20 bits per heavy atom. The maximum absolute atomic E-state index is 10.9. The zero-order valence-electron chi connectivity index (χ0n) is 11.3. The van der Waals surface area contributed by atoms with Crippen LogP contribution < -0.4 is 4.90 Å². The summed E-state index contributed by atoms with van der Waals surface area (Å²) in [6, 6.07) is 6.86. The molecule has 2 aromatic heterocycles. The summed E-state index contributed by atoms with van der Waals surface area (Å²) in [4.78, 5) is 21.2. The third kappa shape index (κ3) is 3.41. The zero-order valence-corrected chi connectivity index (χ0v) is 11.3. The van der Waals surface area contributed by atoms with Crippen molar-refractivity contribution in [3.63, 3.8) is 0 Å². The van der Waals surface area contributed by atoms with Crippen LogP contribution in [-0.2, 0) is 0 Å². The molecule has 2 heterocycles. The van der Waals surface area contributed by atoms with Gasteiger partial charge in [-0.25, -0.2) is 9.78 Å². The van der Waals surface area contributed by atoms with E-state index < -0.39 is 5.97 Å². The number of carboxylic acids is 1. The van der Waals surface area contributed by atoms with E-state index >= 15 is 0 Å². The Hall–Kier alpha value is -2.69. The Morgan fingerprint density at radius 3 is 2.60 bits per heavy atom. The van der Waals surface area contributed by atoms with Crippen molar-refractivity contribution in [1.82, 2.24) is 9.97 Å². The van der Waals surface area contributed by atoms with Crippen molar-refractivity contribution in [2.75, 3.05) is 19.0 Å². The van der Waals surface area contributed by atoms with Gasteiger partial charge in [0.05, 0.1) is 11.3 Å². The summed E-state index contributed by atoms with van der Waals surface area (Å²) in [5.74, 6) is -0.0767. The summed E-state index contributed by atoms with van der Waals surface area (Å²) in [5, 5.41) is 8.91. The molecule has 0 spiro atoms. The van der Waals surface area contributed by atoms with Gasteiger partial charge >= 0.3 is 5.97 Å². The number of rotatable bonds is 4. The molecule has 0 amide bonds. The molecule has 0 fully saturated rings. The highest BCUT2D eigenvalue weighted by Gasteiger charge is 2.02. The lowest BCUT2D eigenvalue weighted by Crippen LogP contribution is -2.09. The molecule has 0 aliphatic carbocycles. The molecule has 0 atom stereocenters. The summed E-state index contributed by atoms with van der Waals surface area (Å²) in [5.41, 5.74) is 1.75. The number of carboxylic acid groups (broad SMARTS) is 1. The summed E-state index contributed by atoms with van der Waals surface area (Å²) in [6.07, 6.45) is 6.85. The van der Waals surface area contributed by atoms with Gasteiger partial charge in [0, 0.05) is 26.5 Å². The van der Waals surface area contributed by atoms with Gasteiger partial charge < -0.3 is 10.0 Å². The average molecular weight is 269 g/mol. The molecule has 0 aromatic carbocycles. The largest absolute Gasteiger partial charge is 0.478 e. The normalized spacial score (nSPS) is 10.7. The van der Waals surface area contributed by atoms with Gasteiger partial charge in [0.25, 0.3) is 0 Å². The Bertz CT molecular complexity index is 634. The van der Waals surface area contributed by atoms with Gasteiger partial charge in [-0.15, -0.1) is 0 Å². The molecule has 1 N–H and O–H groups in total. The first-order valence-corrected chi connectivity index (χ1v) is 6.07. The molecule has 5 heteroatoms. The van der Waals surface area contributed by atoms with E-state index in [1.54, 1.807) is 12.3 Å². The third-order valence-electron chi connectivity index (χ3n) is 2.70. The Kier molecular flexibility index (Phi) is 4.10. The number of carbonyl (C=O) groups is 1. The quantitative estimate of drug-likeness (QED) is 0.923. The van der Waals surface area contributed by atoms with Crippen LogP contribution in [0.3, 0.4) is 0 Å². The van der Waals surface area contributed by atoms with Gasteiger partial charge in [0.1, 0.15) is 5.82 Å². The van der Waals surface area contributed by atoms with Gasteiger partial charge in [-0.05, 0) is 35.9 Å². The van der Waals surface area contributed by atoms with Gasteiger partial charge in [-0.3, -0.25) is 4.98 Å². The van der Waals surface area contributed by atoms with E-state index in [4.69, 9.17) is 5.11 Å². The van der Waals surface area contributed by atoms with Gasteiger partial charge in [0.15, 0.2) is 0 Å². The van der Waals surface area contributed by atoms with Crippen LogP contribution in [0.2, 0.25) is 0 Å². The highest BCUT2D eigenvalue weighted by Crippen LogP contribution is 2.11. The fourth-order valence-corrected chi connectivity index (χ4v) is 1.61. The second-order valence-electron chi connectivity index (χ2n) is 4.45. The lowest BCUT2D eigenvalue weighted by atomic mass is 10.2. The number of pyridine rings is 2. The fraction of sp³-hybridized carbons (Fsp3) is 0.133. The van der Waals surface area contributed by atoms with Crippen LogP contribution in [0.1, 0.15) is 21.6 Å². The first kappa shape index (κ1) is 13.7. The van der Waals surface area contributed by atoms with Gasteiger partial charge in [-0.1, -0.05) is 6.08 Å². The summed E-state index contributed by atoms with van der Waals surface area (Å²) >= 11 is 0. The number of aromatic carboxylic acids is 1. The Morgan fingerprint density at radius 2 is 2.00 bits per heavy atom. The van der Waals surface area contributed by atoms with Crippen LogP contribution >= 0.6 is 0 Å². The first-order valence-electron chi connectivity index (χ1n) is 6.07. The highest BCUT2D eigenvalue weighted by molar-refractivity contribution is 5.88. The third-order valence-corrected chi connectivity index (χ3v) is 2.70. The molecule has 0 aliphatic heterocycles. The number of anilines is 1. The van der Waals surface area contributed by atoms with Crippen molar-refractivity contribution in [2.24, 2.45) is 0 Å². The maximum Gasteiger partial charge on any atom is 0.335 e. The number of hydrogen-bond acceptors (Lipinski definition) is 4. The van der Waals surface area contributed by atoms with Crippen molar-refractivity contribution in [2.45, 2.75) is 0 Å². The highest BCUT2D eigenvalue weighted by atomic mass is 16.4. The van der Waals surface area contributed by atoms with Crippen molar-refractivity contribution < 1.29 is 9.90 Å². The Balaban J connectivity index is 2.16. The minimum absolute atomic E-state index is 0.223. The number of hydrogen-bond donors (Lipinski definition) is 1. The lowest BCUT2D eigenvalue weighted by Gasteiger charge is -2.10. The van der Waals surface area contributed by atoms with Crippen LogP contribution in [-0.4, -0.2) is 35.1 Å². The first-order chi connectivity index (χ1) is 9.56. The average Bonchev–Trinajstić information content (AvgIpc) is 2.46. The van der Waals surface area contributed by atoms with E-state index in [2.05, 4.69) is 9.97 Å². The van der Waals surface area contributed by atoms with Crippen molar-refractivity contribution >= 4 is 23.9 Å². The van der Waals surface area contributed by atoms with Crippen LogP contribution in [0.25, 0.3) is 12.2 Å². The second kappa shape index (κ2) is 5.97. The van der Waals surface area contributed by atoms with E-state index in [1.165, 1.54) is 18.3 Å². The monoisotopic (exact) mass is 269 g/mol. The van der Waals surface area contributed by atoms with E-state index in [-0.39, 0.29) is 5.56 Å². The lowest BCUT2D eigenvalue weighted by molar-refractivity contribution is 0.0696. The summed E-state index contributed by atoms with van der Waals surface area (Å²) in [7, 11) is 3.86. The van der Waals surface area contributed by atoms with Crippen LogP contribution in [0.15, 0.2) is 36.7 Å². The minimum Gasteiger partial charge on any atom is -0.478 e. The van der Waals surface area contributed by atoms with Gasteiger partial charge in [0.2, 0.25) is 0 Å². The van der Waals surface area contributed by atoms with Crippen molar-refractivity contribution in [3.05, 3.63) is 53.5 Å². The molecule has 0 saturated heterocycles. The molecule has 2 rings (SSSR count). The van der Waals surface area contributed by atoms with E-state index in [1.807, 2.05) is 37.2 Å². The molecule has 0 saturated carbocycles. The molecule has 5 nitrogen and oxygen atoms in total. The zero-order chi connectivity index (χ0) is 14.5. The molecular weight excluding hydrogens is 254 g/mol. The topological polar surface area (TPSA) is 66.3 Å². The molecule has 102 valence electrons. The summed E-state index contributed by atoms with van der Waals surface area (Å²) in [6.45, 7) is 0. The second-order valence-corrected chi connectivity index (χ2v) is 4.45. The van der Waals surface area contributed by atoms with Crippen molar-refractivity contribution in [1.29, 1.82) is 0 Å². The van der Waals surface area contributed by atoms with Crippen LogP contribution in [0.5, 0.6) is 0 Å². The maximum atomic E-state index is 10.9. The summed E-state index contributed by atoms with van der Waals surface area (Å²) < 4.78 is 0. The molecule has 0 radical (unpaired) electrons. The van der Waals surface area contributed by atoms with Crippen LogP contribution in [0.4, 0.5) is 5.82 Å². The Labute approximate surface area is 117 Å². The van der Waals surface area contributed by atoms with E-state index in [0.717, 1.165) is 11.4 Å². The smallest absolute Gasteiger partial charge is 0.335 e. The van der Waals surface area contributed by atoms with Crippen LogP contribution in [0, 0.1) is 0 Å². The van der Waals surface area contributed by atoms with Crippen molar-refractivity contribution in [3.8, 4) is 0 Å². The number of nitrogens with zero attached hydrogens (tertiary/aromatic N) is 3. The fourth-order valence-electron chi connectivity index (χ4n) is 1.61. The predicted molar refractivity (Wildman–Crippen MR) is 78.7 cm³/mol. The number of aromatic nitrogens is 2. The molecule has 0 bridgehead atoms. The molecule has 20 heavy (non-hydrogen) atoms. The SMILES string of the molecule is CN(C)c1ccc(/C=C/c2cc(C(=O)O)ccn2)cn1. The molecular formula is C15H15N3O2. The molecule has 2 aromatic rings. The van der Waals surface area contributed by atoms with E-state index in [0.29, 0.717) is 5.69 Å². The standard InChI is InChI=1S/C15H15N3O2/c1-18(2)14-6-4-11(10-17-14)3-5-13-9-12(15(19)20)7-8-16-13/h3-10H,1-2H3,(H,19,20)/b5-3+. The van der Waals surface area contributed by atoms with E-state index in [9.17, 15) is 4.79 Å². The molecule has 0 unspecified atom stereocenters.